The Bertz CT molecular complexity index is 718. The summed E-state index contributed by atoms with van der Waals surface area (Å²) in [7, 11) is 3.93. The van der Waals surface area contributed by atoms with Gasteiger partial charge >= 0.3 is 0 Å². The summed E-state index contributed by atoms with van der Waals surface area (Å²) < 4.78 is 18.7. The number of ether oxygens (including phenoxy) is 1. The van der Waals surface area contributed by atoms with Crippen LogP contribution in [0.2, 0.25) is 0 Å². The van der Waals surface area contributed by atoms with E-state index in [2.05, 4.69) is 10.3 Å². The van der Waals surface area contributed by atoms with Crippen LogP contribution in [0.5, 0.6) is 0 Å². The van der Waals surface area contributed by atoms with Gasteiger partial charge in [-0.3, -0.25) is 9.78 Å². The van der Waals surface area contributed by atoms with Crippen molar-refractivity contribution in [3.63, 3.8) is 0 Å². The highest BCUT2D eigenvalue weighted by atomic mass is 19.1. The summed E-state index contributed by atoms with van der Waals surface area (Å²) in [5.74, 6) is -0.497. The first-order valence-electron chi connectivity index (χ1n) is 7.81. The van der Waals surface area contributed by atoms with Gasteiger partial charge in [0.2, 0.25) is 0 Å². The fraction of sp³-hybridized carbons (Fsp3) is 0.333. The first-order valence-corrected chi connectivity index (χ1v) is 7.81. The summed E-state index contributed by atoms with van der Waals surface area (Å²) in [4.78, 5) is 18.7. The van der Waals surface area contributed by atoms with Crippen LogP contribution < -0.4 is 5.32 Å². The van der Waals surface area contributed by atoms with Crippen LogP contribution in [-0.4, -0.2) is 55.2 Å². The lowest BCUT2D eigenvalue weighted by Crippen LogP contribution is -2.48. The van der Waals surface area contributed by atoms with Crippen molar-refractivity contribution in [2.75, 3.05) is 27.3 Å². The molecule has 0 aliphatic carbocycles. The van der Waals surface area contributed by atoms with E-state index < -0.39 is 0 Å². The molecule has 24 heavy (non-hydrogen) atoms. The van der Waals surface area contributed by atoms with Gasteiger partial charge in [0.25, 0.3) is 5.91 Å². The number of rotatable bonds is 4. The first kappa shape index (κ1) is 16.5. The smallest absolute Gasteiger partial charge is 0.253 e. The molecule has 1 fully saturated rings. The second kappa shape index (κ2) is 7.07. The third-order valence-electron chi connectivity index (χ3n) is 4.18. The first-order chi connectivity index (χ1) is 11.5. The van der Waals surface area contributed by atoms with Gasteiger partial charge in [-0.15, -0.1) is 0 Å². The molecular weight excluding hydrogens is 309 g/mol. The molecule has 0 spiro atoms. The van der Waals surface area contributed by atoms with E-state index in [1.54, 1.807) is 24.3 Å². The average molecular weight is 329 g/mol. The minimum Gasteiger partial charge on any atom is -0.378 e. The van der Waals surface area contributed by atoms with Gasteiger partial charge in [-0.05, 0) is 38.4 Å². The molecule has 6 heteroatoms. The van der Waals surface area contributed by atoms with Crippen LogP contribution in [0.3, 0.4) is 0 Å². The third-order valence-corrected chi connectivity index (χ3v) is 4.18. The number of carbonyl (C=O) groups is 1. The Kier molecular flexibility index (Phi) is 4.87. The molecule has 1 aromatic heterocycles. The molecule has 1 aliphatic heterocycles. The predicted octanol–water partition coefficient (Wildman–Crippen LogP) is 1.95. The molecule has 2 heterocycles. The Balaban J connectivity index is 1.70. The normalized spacial score (nSPS) is 20.3. The number of nitrogens with zero attached hydrogens (tertiary/aromatic N) is 2. The number of nitrogens with one attached hydrogen (secondary N) is 1. The zero-order chi connectivity index (χ0) is 17.1. The molecule has 0 bridgehead atoms. The van der Waals surface area contributed by atoms with Crippen LogP contribution in [0.4, 0.5) is 4.39 Å². The number of benzene rings is 1. The van der Waals surface area contributed by atoms with Crippen molar-refractivity contribution in [1.29, 1.82) is 0 Å². The van der Waals surface area contributed by atoms with Gasteiger partial charge in [-0.2, -0.15) is 0 Å². The van der Waals surface area contributed by atoms with Crippen molar-refractivity contribution in [2.24, 2.45) is 0 Å². The molecule has 1 aliphatic rings. The molecule has 2 aromatic rings. The lowest BCUT2D eigenvalue weighted by atomic mass is 10.1. The average Bonchev–Trinajstić information content (AvgIpc) is 3.03. The number of amides is 1. The summed E-state index contributed by atoms with van der Waals surface area (Å²) in [5.41, 5.74) is 1.78. The quantitative estimate of drug-likeness (QED) is 0.931. The zero-order valence-corrected chi connectivity index (χ0v) is 13.7. The molecule has 5 nitrogen and oxygen atoms in total. The summed E-state index contributed by atoms with van der Waals surface area (Å²) in [6.07, 6.45) is 1.51. The SMILES string of the molecule is CN(C)[C@@H]1COC[C@H]1NC(=O)c1ccc(-c2cccc(F)c2)nc1. The van der Waals surface area contributed by atoms with Gasteiger partial charge in [-0.25, -0.2) is 4.39 Å². The number of aromatic nitrogens is 1. The number of hydrogen-bond donors (Lipinski definition) is 1. The third kappa shape index (κ3) is 3.60. The Hall–Kier alpha value is -2.31. The van der Waals surface area contributed by atoms with E-state index in [0.717, 1.165) is 0 Å². The van der Waals surface area contributed by atoms with Gasteiger partial charge in [0, 0.05) is 11.8 Å². The van der Waals surface area contributed by atoms with E-state index in [1.165, 1.54) is 18.3 Å². The second-order valence-corrected chi connectivity index (χ2v) is 6.09. The molecule has 1 N–H and O–H groups in total. The molecule has 0 unspecified atom stereocenters. The Morgan fingerprint density at radius 2 is 2.12 bits per heavy atom. The molecule has 0 saturated carbocycles. The van der Waals surface area contributed by atoms with Gasteiger partial charge < -0.3 is 15.0 Å². The largest absolute Gasteiger partial charge is 0.378 e. The predicted molar refractivity (Wildman–Crippen MR) is 89.2 cm³/mol. The lowest BCUT2D eigenvalue weighted by molar-refractivity contribution is 0.0920. The van der Waals surface area contributed by atoms with Gasteiger partial charge in [0.05, 0.1) is 36.6 Å². The summed E-state index contributed by atoms with van der Waals surface area (Å²) in [6, 6.07) is 9.75. The zero-order valence-electron chi connectivity index (χ0n) is 13.7. The van der Waals surface area contributed by atoms with Crippen molar-refractivity contribution >= 4 is 5.91 Å². The number of likely N-dealkylation sites (N-methyl/N-ethyl adjacent to an activating group) is 1. The van der Waals surface area contributed by atoms with Gasteiger partial charge in [-0.1, -0.05) is 12.1 Å². The minimum atomic E-state index is -0.313. The van der Waals surface area contributed by atoms with Crippen molar-refractivity contribution in [3.05, 3.63) is 54.0 Å². The minimum absolute atomic E-state index is 0.0459. The topological polar surface area (TPSA) is 54.5 Å². The number of halogens is 1. The highest BCUT2D eigenvalue weighted by Crippen LogP contribution is 2.18. The van der Waals surface area contributed by atoms with E-state index >= 15 is 0 Å². The van der Waals surface area contributed by atoms with E-state index in [0.29, 0.717) is 30.0 Å². The van der Waals surface area contributed by atoms with Crippen molar-refractivity contribution in [1.82, 2.24) is 15.2 Å². The van der Waals surface area contributed by atoms with Crippen LogP contribution in [0.15, 0.2) is 42.6 Å². The van der Waals surface area contributed by atoms with Crippen molar-refractivity contribution in [3.8, 4) is 11.3 Å². The van der Waals surface area contributed by atoms with Gasteiger partial charge in [0.1, 0.15) is 5.82 Å². The maximum Gasteiger partial charge on any atom is 0.253 e. The van der Waals surface area contributed by atoms with Crippen LogP contribution in [0.1, 0.15) is 10.4 Å². The lowest BCUT2D eigenvalue weighted by Gasteiger charge is -2.24. The van der Waals surface area contributed by atoms with E-state index in [1.807, 2.05) is 19.0 Å². The molecule has 126 valence electrons. The molecule has 0 radical (unpaired) electrons. The van der Waals surface area contributed by atoms with Crippen molar-refractivity contribution in [2.45, 2.75) is 12.1 Å². The number of hydrogen-bond acceptors (Lipinski definition) is 4. The van der Waals surface area contributed by atoms with Crippen LogP contribution in [0.25, 0.3) is 11.3 Å². The molecule has 1 saturated heterocycles. The maximum absolute atomic E-state index is 13.3. The number of pyridine rings is 1. The molecule has 2 atom stereocenters. The van der Waals surface area contributed by atoms with E-state index in [4.69, 9.17) is 4.74 Å². The summed E-state index contributed by atoms with van der Waals surface area (Å²) >= 11 is 0. The van der Waals surface area contributed by atoms with E-state index in [-0.39, 0.29) is 23.8 Å². The summed E-state index contributed by atoms with van der Waals surface area (Å²) in [5, 5.41) is 2.99. The highest BCUT2D eigenvalue weighted by Gasteiger charge is 2.31. The second-order valence-electron chi connectivity index (χ2n) is 6.09. The standard InChI is InChI=1S/C18H20FN3O2/c1-22(2)17-11-24-10-16(17)21-18(23)13-6-7-15(20-9-13)12-4-3-5-14(19)8-12/h3-9,16-17H,10-11H2,1-2H3,(H,21,23)/t16-,17-/m1/s1. The maximum atomic E-state index is 13.3. The fourth-order valence-electron chi connectivity index (χ4n) is 2.79. The van der Waals surface area contributed by atoms with Crippen LogP contribution >= 0.6 is 0 Å². The van der Waals surface area contributed by atoms with Crippen molar-refractivity contribution < 1.29 is 13.9 Å². The molecule has 1 amide bonds. The molecular formula is C18H20FN3O2. The van der Waals surface area contributed by atoms with Crippen LogP contribution in [0, 0.1) is 5.82 Å². The Morgan fingerprint density at radius 1 is 1.29 bits per heavy atom. The fourth-order valence-corrected chi connectivity index (χ4v) is 2.79. The summed E-state index contributed by atoms with van der Waals surface area (Å²) in [6.45, 7) is 1.11. The van der Waals surface area contributed by atoms with Crippen LogP contribution in [-0.2, 0) is 4.74 Å². The Labute approximate surface area is 140 Å². The molecule has 1 aromatic carbocycles. The molecule has 3 rings (SSSR count). The monoisotopic (exact) mass is 329 g/mol. The highest BCUT2D eigenvalue weighted by molar-refractivity contribution is 5.94. The Morgan fingerprint density at radius 3 is 2.79 bits per heavy atom. The number of carbonyl (C=O) groups excluding carboxylic acids is 1. The van der Waals surface area contributed by atoms with E-state index in [9.17, 15) is 9.18 Å². The van der Waals surface area contributed by atoms with Gasteiger partial charge in [0.15, 0.2) is 0 Å².